The van der Waals surface area contributed by atoms with Crippen LogP contribution in [0.3, 0.4) is 0 Å². The van der Waals surface area contributed by atoms with E-state index >= 15 is 0 Å². The number of nitrogens with one attached hydrogen (secondary N) is 1. The first-order valence-corrected chi connectivity index (χ1v) is 6.48. The van der Waals surface area contributed by atoms with E-state index in [0.717, 1.165) is 10.6 Å². The number of hydrogen-bond acceptors (Lipinski definition) is 7. The van der Waals surface area contributed by atoms with Gasteiger partial charge >= 0.3 is 5.69 Å². The molecule has 118 valence electrons. The van der Waals surface area contributed by atoms with Crippen molar-refractivity contribution in [2.75, 3.05) is 6.61 Å². The minimum atomic E-state index is -1.53. The van der Waals surface area contributed by atoms with Crippen LogP contribution in [0.1, 0.15) is 13.2 Å². The third-order valence-corrected chi connectivity index (χ3v) is 3.69. The molecule has 0 amide bonds. The standard InChI is InChI=1S/C12H18N2O7/c1-5-8(17)10(19)9(18)6(4-15)21-11(5)14-3-2-7(16)13-12(14)20/h2-3,5-6,8-11,15,17-19H,4H2,1H3,(H,13,16,20)/t5-,6+,8-,9+,10-,11+/m0/s1. The highest BCUT2D eigenvalue weighted by Gasteiger charge is 2.43. The van der Waals surface area contributed by atoms with Crippen LogP contribution in [-0.2, 0) is 4.74 Å². The quantitative estimate of drug-likeness (QED) is 0.395. The highest BCUT2D eigenvalue weighted by Crippen LogP contribution is 2.30. The second-order valence-corrected chi connectivity index (χ2v) is 5.10. The lowest BCUT2D eigenvalue weighted by atomic mass is 9.95. The van der Waals surface area contributed by atoms with Crippen LogP contribution in [0, 0.1) is 5.92 Å². The molecule has 5 N–H and O–H groups in total. The Morgan fingerprint density at radius 1 is 1.24 bits per heavy atom. The number of nitrogens with zero attached hydrogens (tertiary/aromatic N) is 1. The predicted molar refractivity (Wildman–Crippen MR) is 69.5 cm³/mol. The Bertz CT molecular complexity index is 596. The Morgan fingerprint density at radius 2 is 1.90 bits per heavy atom. The summed E-state index contributed by atoms with van der Waals surface area (Å²) in [5, 5.41) is 38.9. The Hall–Kier alpha value is -1.52. The number of aliphatic hydroxyl groups is 4. The van der Waals surface area contributed by atoms with Crippen molar-refractivity contribution in [1.82, 2.24) is 9.55 Å². The van der Waals surface area contributed by atoms with Gasteiger partial charge in [-0.3, -0.25) is 14.3 Å². The van der Waals surface area contributed by atoms with E-state index in [4.69, 9.17) is 4.74 Å². The lowest BCUT2D eigenvalue weighted by Crippen LogP contribution is -2.45. The normalized spacial score (nSPS) is 37.2. The van der Waals surface area contributed by atoms with E-state index in [2.05, 4.69) is 0 Å². The second kappa shape index (κ2) is 6.08. The molecule has 1 aromatic rings. The van der Waals surface area contributed by atoms with E-state index in [9.17, 15) is 30.0 Å². The maximum absolute atomic E-state index is 11.8. The maximum Gasteiger partial charge on any atom is 0.330 e. The summed E-state index contributed by atoms with van der Waals surface area (Å²) in [5.74, 6) is -0.769. The lowest BCUT2D eigenvalue weighted by molar-refractivity contribution is -0.137. The van der Waals surface area contributed by atoms with Crippen molar-refractivity contribution >= 4 is 0 Å². The molecule has 1 aliphatic rings. The molecule has 1 aromatic heterocycles. The molecule has 0 spiro atoms. The monoisotopic (exact) mass is 302 g/mol. The Morgan fingerprint density at radius 3 is 2.48 bits per heavy atom. The van der Waals surface area contributed by atoms with E-state index in [1.54, 1.807) is 0 Å². The van der Waals surface area contributed by atoms with Gasteiger partial charge in [0.25, 0.3) is 5.56 Å². The second-order valence-electron chi connectivity index (χ2n) is 5.10. The molecule has 0 saturated carbocycles. The van der Waals surface area contributed by atoms with Gasteiger partial charge in [-0.15, -0.1) is 0 Å². The SMILES string of the molecule is C[C@H]1[C@H](O)[C@H](O)[C@H](O)[C@@H](CO)O[C@H]1n1ccc(=O)[nH]c1=O. The largest absolute Gasteiger partial charge is 0.394 e. The molecular weight excluding hydrogens is 284 g/mol. The van der Waals surface area contributed by atoms with Gasteiger partial charge in [0, 0.05) is 18.2 Å². The number of aromatic nitrogens is 2. The molecule has 2 heterocycles. The summed E-state index contributed by atoms with van der Waals surface area (Å²) in [6.45, 7) is 0.912. The smallest absolute Gasteiger partial charge is 0.330 e. The summed E-state index contributed by atoms with van der Waals surface area (Å²) in [5.41, 5.74) is -1.34. The molecule has 0 bridgehead atoms. The molecule has 1 aliphatic heterocycles. The predicted octanol–water partition coefficient (Wildman–Crippen LogP) is -2.85. The van der Waals surface area contributed by atoms with Crippen molar-refractivity contribution in [1.29, 1.82) is 0 Å². The first-order valence-electron chi connectivity index (χ1n) is 6.48. The molecular formula is C12H18N2O7. The molecule has 2 rings (SSSR count). The molecule has 6 atom stereocenters. The van der Waals surface area contributed by atoms with Crippen molar-refractivity contribution in [3.05, 3.63) is 33.1 Å². The number of ether oxygens (including phenoxy) is 1. The first kappa shape index (κ1) is 15.9. The van der Waals surface area contributed by atoms with E-state index < -0.39 is 54.4 Å². The van der Waals surface area contributed by atoms with Crippen LogP contribution in [0.4, 0.5) is 0 Å². The topological polar surface area (TPSA) is 145 Å². The van der Waals surface area contributed by atoms with Crippen molar-refractivity contribution in [3.63, 3.8) is 0 Å². The van der Waals surface area contributed by atoms with Crippen molar-refractivity contribution in [2.24, 2.45) is 5.92 Å². The zero-order chi connectivity index (χ0) is 15.7. The van der Waals surface area contributed by atoms with Gasteiger partial charge in [-0.25, -0.2) is 4.79 Å². The van der Waals surface area contributed by atoms with Gasteiger partial charge in [-0.05, 0) is 0 Å². The van der Waals surface area contributed by atoms with Gasteiger partial charge < -0.3 is 25.2 Å². The van der Waals surface area contributed by atoms with E-state index in [0.29, 0.717) is 0 Å². The van der Waals surface area contributed by atoms with Crippen molar-refractivity contribution in [2.45, 2.75) is 37.6 Å². The molecule has 0 radical (unpaired) electrons. The van der Waals surface area contributed by atoms with Crippen LogP contribution in [-0.4, -0.2) is 61.0 Å². The zero-order valence-electron chi connectivity index (χ0n) is 11.3. The average molecular weight is 302 g/mol. The number of aliphatic hydroxyl groups excluding tert-OH is 4. The molecule has 0 aromatic carbocycles. The summed E-state index contributed by atoms with van der Waals surface area (Å²) in [7, 11) is 0. The minimum Gasteiger partial charge on any atom is -0.394 e. The zero-order valence-corrected chi connectivity index (χ0v) is 11.3. The average Bonchev–Trinajstić information content (AvgIpc) is 2.53. The summed E-state index contributed by atoms with van der Waals surface area (Å²) in [4.78, 5) is 25.0. The Labute approximate surface area is 119 Å². The fraction of sp³-hybridized carbons (Fsp3) is 0.667. The van der Waals surface area contributed by atoms with E-state index in [1.807, 2.05) is 4.98 Å². The molecule has 0 aliphatic carbocycles. The Kier molecular flexibility index (Phi) is 4.59. The molecule has 1 fully saturated rings. The molecule has 1 saturated heterocycles. The molecule has 21 heavy (non-hydrogen) atoms. The van der Waals surface area contributed by atoms with Crippen molar-refractivity contribution < 1.29 is 25.2 Å². The van der Waals surface area contributed by atoms with Crippen molar-refractivity contribution in [3.8, 4) is 0 Å². The fourth-order valence-electron chi connectivity index (χ4n) is 2.38. The van der Waals surface area contributed by atoms with Crippen LogP contribution in [0.25, 0.3) is 0 Å². The van der Waals surface area contributed by atoms with E-state index in [-0.39, 0.29) is 0 Å². The molecule has 0 unspecified atom stereocenters. The van der Waals surface area contributed by atoms with Gasteiger partial charge in [0.15, 0.2) is 0 Å². The number of rotatable bonds is 2. The summed E-state index contributed by atoms with van der Waals surface area (Å²) in [6.07, 6.45) is -5.46. The third kappa shape index (κ3) is 2.92. The minimum absolute atomic E-state index is 0.586. The highest BCUT2D eigenvalue weighted by atomic mass is 16.5. The summed E-state index contributed by atoms with van der Waals surface area (Å²) in [6, 6.07) is 1.11. The van der Waals surface area contributed by atoms with Crippen LogP contribution >= 0.6 is 0 Å². The van der Waals surface area contributed by atoms with Crippen LogP contribution in [0.2, 0.25) is 0 Å². The number of H-pyrrole nitrogens is 1. The van der Waals surface area contributed by atoms with Gasteiger partial charge in [-0.1, -0.05) is 6.92 Å². The third-order valence-electron chi connectivity index (χ3n) is 3.69. The lowest BCUT2D eigenvalue weighted by Gasteiger charge is -2.27. The van der Waals surface area contributed by atoms with Gasteiger partial charge in [0.2, 0.25) is 0 Å². The summed E-state index contributed by atoms with van der Waals surface area (Å²) >= 11 is 0. The van der Waals surface area contributed by atoms with Gasteiger partial charge in [-0.2, -0.15) is 0 Å². The fourth-order valence-corrected chi connectivity index (χ4v) is 2.38. The van der Waals surface area contributed by atoms with Gasteiger partial charge in [0.1, 0.15) is 24.5 Å². The van der Waals surface area contributed by atoms with Crippen LogP contribution in [0.15, 0.2) is 21.9 Å². The molecule has 9 nitrogen and oxygen atoms in total. The number of hydrogen-bond donors (Lipinski definition) is 5. The van der Waals surface area contributed by atoms with Gasteiger partial charge in [0.05, 0.1) is 12.7 Å². The summed E-state index contributed by atoms with van der Waals surface area (Å²) < 4.78 is 6.48. The highest BCUT2D eigenvalue weighted by molar-refractivity contribution is 4.93. The Balaban J connectivity index is 2.45. The van der Waals surface area contributed by atoms with Crippen LogP contribution < -0.4 is 11.2 Å². The van der Waals surface area contributed by atoms with E-state index in [1.165, 1.54) is 13.1 Å². The van der Waals surface area contributed by atoms with Crippen LogP contribution in [0.5, 0.6) is 0 Å². The maximum atomic E-state index is 11.8. The number of aromatic amines is 1. The molecule has 9 heteroatoms. The first-order chi connectivity index (χ1) is 9.86.